The Bertz CT molecular complexity index is 737. The number of methoxy groups -OCH3 is 1. The van der Waals surface area contributed by atoms with Gasteiger partial charge in [-0.25, -0.2) is 4.79 Å². The van der Waals surface area contributed by atoms with E-state index >= 15 is 0 Å². The van der Waals surface area contributed by atoms with Crippen molar-refractivity contribution in [3.8, 4) is 11.1 Å². The summed E-state index contributed by atoms with van der Waals surface area (Å²) in [7, 11) is 1.71. The van der Waals surface area contributed by atoms with Crippen LogP contribution in [0.3, 0.4) is 0 Å². The highest BCUT2D eigenvalue weighted by atomic mass is 16.6. The predicted molar refractivity (Wildman–Crippen MR) is 96.6 cm³/mol. The Morgan fingerprint density at radius 2 is 1.64 bits per heavy atom. The zero-order valence-corrected chi connectivity index (χ0v) is 14.6. The Morgan fingerprint density at radius 1 is 1.08 bits per heavy atom. The molecule has 130 valence electrons. The first-order valence-corrected chi connectivity index (χ1v) is 8.81. The third-order valence-electron chi connectivity index (χ3n) is 5.54. The van der Waals surface area contributed by atoms with Crippen molar-refractivity contribution in [3.63, 3.8) is 0 Å². The number of likely N-dealkylation sites (tertiary alicyclic amines) is 1. The standard InChI is InChI=1S/C21H23NO3/c1-14(24-2)15-11-22(12-15)21(23)25-13-20-18-9-5-3-7-16(18)17-8-4-6-10-19(17)20/h3-10,14-15,20H,11-13H2,1-2H3. The van der Waals surface area contributed by atoms with Gasteiger partial charge in [-0.05, 0) is 29.2 Å². The number of benzene rings is 2. The minimum absolute atomic E-state index is 0.117. The van der Waals surface area contributed by atoms with E-state index in [9.17, 15) is 4.79 Å². The van der Waals surface area contributed by atoms with Crippen molar-refractivity contribution < 1.29 is 14.3 Å². The highest BCUT2D eigenvalue weighted by Crippen LogP contribution is 2.44. The van der Waals surface area contributed by atoms with Crippen LogP contribution in [-0.4, -0.2) is 43.9 Å². The molecule has 4 rings (SSSR count). The van der Waals surface area contributed by atoms with Gasteiger partial charge in [-0.1, -0.05) is 48.5 Å². The smallest absolute Gasteiger partial charge is 0.409 e. The van der Waals surface area contributed by atoms with Gasteiger partial charge in [-0.3, -0.25) is 0 Å². The highest BCUT2D eigenvalue weighted by molar-refractivity contribution is 5.79. The van der Waals surface area contributed by atoms with E-state index in [-0.39, 0.29) is 18.1 Å². The lowest BCUT2D eigenvalue weighted by atomic mass is 9.95. The topological polar surface area (TPSA) is 38.8 Å². The van der Waals surface area contributed by atoms with E-state index < -0.39 is 0 Å². The Kier molecular flexibility index (Phi) is 4.22. The van der Waals surface area contributed by atoms with Gasteiger partial charge in [0.05, 0.1) is 6.10 Å². The van der Waals surface area contributed by atoms with Crippen LogP contribution in [0.1, 0.15) is 24.0 Å². The zero-order chi connectivity index (χ0) is 17.4. The lowest BCUT2D eigenvalue weighted by Crippen LogP contribution is -2.54. The quantitative estimate of drug-likeness (QED) is 0.849. The molecule has 1 fully saturated rings. The number of amides is 1. The van der Waals surface area contributed by atoms with Crippen LogP contribution in [0.5, 0.6) is 0 Å². The molecule has 1 amide bonds. The number of carbonyl (C=O) groups is 1. The van der Waals surface area contributed by atoms with Crippen LogP contribution in [0.25, 0.3) is 11.1 Å². The predicted octanol–water partition coefficient (Wildman–Crippen LogP) is 3.90. The molecule has 0 N–H and O–H groups in total. The fraction of sp³-hybridized carbons (Fsp3) is 0.381. The van der Waals surface area contributed by atoms with Crippen molar-refractivity contribution in [2.75, 3.05) is 26.8 Å². The molecule has 2 aromatic rings. The molecule has 0 spiro atoms. The Hall–Kier alpha value is -2.33. The third kappa shape index (κ3) is 2.81. The molecule has 1 heterocycles. The zero-order valence-electron chi connectivity index (χ0n) is 14.6. The van der Waals surface area contributed by atoms with Crippen LogP contribution < -0.4 is 0 Å². The van der Waals surface area contributed by atoms with Crippen LogP contribution in [0, 0.1) is 5.92 Å². The van der Waals surface area contributed by atoms with Gasteiger partial charge >= 0.3 is 6.09 Å². The number of rotatable bonds is 4. The van der Waals surface area contributed by atoms with Crippen molar-refractivity contribution in [2.45, 2.75) is 18.9 Å². The summed E-state index contributed by atoms with van der Waals surface area (Å²) in [5.41, 5.74) is 4.98. The third-order valence-corrected chi connectivity index (χ3v) is 5.54. The van der Waals surface area contributed by atoms with Gasteiger partial charge in [0.2, 0.25) is 0 Å². The Morgan fingerprint density at radius 3 is 2.20 bits per heavy atom. The number of fused-ring (bicyclic) bond motifs is 3. The van der Waals surface area contributed by atoms with Crippen molar-refractivity contribution in [2.24, 2.45) is 5.92 Å². The second-order valence-electron chi connectivity index (χ2n) is 6.91. The summed E-state index contributed by atoms with van der Waals surface area (Å²) in [5.74, 6) is 0.525. The highest BCUT2D eigenvalue weighted by Gasteiger charge is 2.36. The Balaban J connectivity index is 1.43. The van der Waals surface area contributed by atoms with Crippen molar-refractivity contribution in [1.29, 1.82) is 0 Å². The molecule has 25 heavy (non-hydrogen) atoms. The summed E-state index contributed by atoms with van der Waals surface area (Å²) >= 11 is 0. The summed E-state index contributed by atoms with van der Waals surface area (Å²) in [6, 6.07) is 16.8. The summed E-state index contributed by atoms with van der Waals surface area (Å²) in [6.07, 6.45) is -0.0425. The lowest BCUT2D eigenvalue weighted by Gasteiger charge is -2.41. The van der Waals surface area contributed by atoms with Crippen LogP contribution in [0.15, 0.2) is 48.5 Å². The maximum absolute atomic E-state index is 12.3. The normalized spacial score (nSPS) is 17.6. The van der Waals surface area contributed by atoms with Gasteiger partial charge in [-0.15, -0.1) is 0 Å². The van der Waals surface area contributed by atoms with Gasteiger partial charge in [0.25, 0.3) is 0 Å². The summed E-state index contributed by atoms with van der Waals surface area (Å²) in [5, 5.41) is 0. The summed E-state index contributed by atoms with van der Waals surface area (Å²) in [4.78, 5) is 14.1. The monoisotopic (exact) mass is 337 g/mol. The molecule has 0 radical (unpaired) electrons. The second kappa shape index (κ2) is 6.52. The molecule has 1 unspecified atom stereocenters. The molecule has 1 atom stereocenters. The van der Waals surface area contributed by atoms with Crippen LogP contribution >= 0.6 is 0 Å². The average Bonchev–Trinajstić information content (AvgIpc) is 2.92. The van der Waals surface area contributed by atoms with E-state index in [1.54, 1.807) is 12.0 Å². The molecule has 0 saturated carbocycles. The largest absolute Gasteiger partial charge is 0.448 e. The SMILES string of the molecule is COC(C)C1CN(C(=O)OCC2c3ccccc3-c3ccccc32)C1. The van der Waals surface area contributed by atoms with Gasteiger partial charge in [-0.2, -0.15) is 0 Å². The fourth-order valence-electron chi connectivity index (χ4n) is 3.84. The maximum Gasteiger partial charge on any atom is 0.409 e. The van der Waals surface area contributed by atoms with Gasteiger partial charge in [0.1, 0.15) is 6.61 Å². The van der Waals surface area contributed by atoms with Crippen LogP contribution in [0.2, 0.25) is 0 Å². The van der Waals surface area contributed by atoms with E-state index in [0.717, 1.165) is 0 Å². The van der Waals surface area contributed by atoms with Crippen molar-refractivity contribution >= 4 is 6.09 Å². The molecule has 2 aromatic carbocycles. The first-order valence-electron chi connectivity index (χ1n) is 8.81. The molecule has 1 aliphatic carbocycles. The fourth-order valence-corrected chi connectivity index (χ4v) is 3.84. The summed E-state index contributed by atoms with van der Waals surface area (Å²) in [6.45, 7) is 3.85. The molecule has 4 nitrogen and oxygen atoms in total. The minimum Gasteiger partial charge on any atom is -0.448 e. The maximum atomic E-state index is 12.3. The minimum atomic E-state index is -0.221. The number of hydrogen-bond acceptors (Lipinski definition) is 3. The van der Waals surface area contributed by atoms with E-state index in [2.05, 4.69) is 36.4 Å². The van der Waals surface area contributed by atoms with Gasteiger partial charge in [0.15, 0.2) is 0 Å². The van der Waals surface area contributed by atoms with Gasteiger partial charge in [0, 0.05) is 32.0 Å². The van der Waals surface area contributed by atoms with E-state index in [1.165, 1.54) is 22.3 Å². The molecule has 1 saturated heterocycles. The van der Waals surface area contributed by atoms with E-state index in [4.69, 9.17) is 9.47 Å². The number of hydrogen-bond donors (Lipinski definition) is 0. The lowest BCUT2D eigenvalue weighted by molar-refractivity contribution is -0.0183. The number of ether oxygens (including phenoxy) is 2. The Labute approximate surface area is 148 Å². The molecule has 2 aliphatic rings. The van der Waals surface area contributed by atoms with Crippen molar-refractivity contribution in [1.82, 2.24) is 4.90 Å². The molecule has 0 aromatic heterocycles. The molecular formula is C21H23NO3. The first kappa shape index (κ1) is 16.2. The number of nitrogens with zero attached hydrogens (tertiary/aromatic N) is 1. The summed E-state index contributed by atoms with van der Waals surface area (Å²) < 4.78 is 11.0. The van der Waals surface area contributed by atoms with E-state index in [0.29, 0.717) is 25.6 Å². The van der Waals surface area contributed by atoms with Crippen LogP contribution in [-0.2, 0) is 9.47 Å². The van der Waals surface area contributed by atoms with E-state index in [1.807, 2.05) is 19.1 Å². The molecule has 4 heteroatoms. The van der Waals surface area contributed by atoms with Crippen molar-refractivity contribution in [3.05, 3.63) is 59.7 Å². The number of carbonyl (C=O) groups excluding carboxylic acids is 1. The van der Waals surface area contributed by atoms with Crippen LogP contribution in [0.4, 0.5) is 4.79 Å². The molecular weight excluding hydrogens is 314 g/mol. The average molecular weight is 337 g/mol. The molecule has 0 bridgehead atoms. The second-order valence-corrected chi connectivity index (χ2v) is 6.91. The molecule has 1 aliphatic heterocycles. The first-order chi connectivity index (χ1) is 12.2. The van der Waals surface area contributed by atoms with Gasteiger partial charge < -0.3 is 14.4 Å².